The molecule has 3 aromatic rings. The molecule has 0 saturated heterocycles. The number of H-pyrrole nitrogens is 1. The second kappa shape index (κ2) is 8.41. The summed E-state index contributed by atoms with van der Waals surface area (Å²) in [4.78, 5) is 24.4. The van der Waals surface area contributed by atoms with Gasteiger partial charge in [-0.25, -0.2) is 8.78 Å². The Bertz CT molecular complexity index is 1070. The van der Waals surface area contributed by atoms with Gasteiger partial charge in [0.2, 0.25) is 5.88 Å². The minimum atomic E-state index is -1.27. The third-order valence-corrected chi connectivity index (χ3v) is 4.91. The molecule has 152 valence electrons. The van der Waals surface area contributed by atoms with Gasteiger partial charge in [-0.2, -0.15) is 0 Å². The molecule has 2 aromatic carbocycles. The number of aromatic nitrogens is 1. The number of ether oxygens (including phenoxy) is 1. The maximum atomic E-state index is 14.2. The first-order chi connectivity index (χ1) is 13.7. The summed E-state index contributed by atoms with van der Waals surface area (Å²) in [6, 6.07) is 6.94. The van der Waals surface area contributed by atoms with Gasteiger partial charge < -0.3 is 20.7 Å². The Morgan fingerprint density at radius 3 is 2.31 bits per heavy atom. The first-order valence-electron chi connectivity index (χ1n) is 8.37. The summed E-state index contributed by atoms with van der Waals surface area (Å²) < 4.78 is 33.8. The number of nitrogens with one attached hydrogen (secondary N) is 1. The van der Waals surface area contributed by atoms with Gasteiger partial charge >= 0.3 is 10.8 Å². The van der Waals surface area contributed by atoms with E-state index in [1.165, 1.54) is 12.1 Å². The molecule has 1 aromatic heterocycles. The van der Waals surface area contributed by atoms with Crippen LogP contribution in [0.2, 0.25) is 0 Å². The molecule has 10 heteroatoms. The van der Waals surface area contributed by atoms with Gasteiger partial charge in [0, 0.05) is 6.42 Å². The number of carbonyl (C=O) groups is 1. The van der Waals surface area contributed by atoms with Gasteiger partial charge in [-0.1, -0.05) is 23.5 Å². The number of aromatic hydroxyl groups is 1. The number of thiazole rings is 1. The maximum absolute atomic E-state index is 14.2. The van der Waals surface area contributed by atoms with Crippen molar-refractivity contribution in [3.63, 3.8) is 0 Å². The molecule has 7 nitrogen and oxygen atoms in total. The third kappa shape index (κ3) is 4.98. The van der Waals surface area contributed by atoms with Crippen molar-refractivity contribution >= 4 is 17.3 Å². The summed E-state index contributed by atoms with van der Waals surface area (Å²) in [6.07, 6.45) is 0.0764. The summed E-state index contributed by atoms with van der Waals surface area (Å²) in [7, 11) is 0. The average Bonchev–Trinajstić information content (AvgIpc) is 2.96. The maximum Gasteiger partial charge on any atom is 0.320 e. The fourth-order valence-corrected chi connectivity index (χ4v) is 3.38. The van der Waals surface area contributed by atoms with Crippen molar-refractivity contribution in [2.75, 3.05) is 0 Å². The van der Waals surface area contributed by atoms with Crippen LogP contribution in [0.3, 0.4) is 0 Å². The summed E-state index contributed by atoms with van der Waals surface area (Å²) in [5.41, 5.74) is 6.23. The lowest BCUT2D eigenvalue weighted by atomic mass is 10.1. The van der Waals surface area contributed by atoms with Crippen LogP contribution < -0.4 is 15.3 Å². The number of carboxylic acids is 1. The Morgan fingerprint density at radius 2 is 1.79 bits per heavy atom. The second-order valence-electron chi connectivity index (χ2n) is 6.25. The number of halogens is 2. The molecule has 1 atom stereocenters. The molecule has 29 heavy (non-hydrogen) atoms. The van der Waals surface area contributed by atoms with E-state index < -0.39 is 29.4 Å². The number of carboxylic acid groups (broad SMARTS) is 1. The zero-order valence-corrected chi connectivity index (χ0v) is 15.6. The molecule has 3 rings (SSSR count). The Labute approximate surface area is 167 Å². The van der Waals surface area contributed by atoms with E-state index in [2.05, 4.69) is 4.98 Å². The quantitative estimate of drug-likeness (QED) is 0.464. The van der Waals surface area contributed by atoms with Gasteiger partial charge in [0.05, 0.1) is 4.88 Å². The number of aliphatic carboxylic acids is 1. The molecule has 0 saturated carbocycles. The number of rotatable bonds is 7. The molecule has 0 amide bonds. The summed E-state index contributed by atoms with van der Waals surface area (Å²) in [6.45, 7) is 0. The van der Waals surface area contributed by atoms with Crippen molar-refractivity contribution in [3.05, 3.63) is 73.7 Å². The van der Waals surface area contributed by atoms with Crippen LogP contribution in [-0.2, 0) is 17.6 Å². The zero-order chi connectivity index (χ0) is 21.1. The van der Waals surface area contributed by atoms with E-state index in [0.717, 1.165) is 29.0 Å². The third-order valence-electron chi connectivity index (χ3n) is 4.04. The molecule has 0 aliphatic heterocycles. The Hall–Kier alpha value is -3.24. The van der Waals surface area contributed by atoms with Crippen LogP contribution >= 0.6 is 11.3 Å². The topological polar surface area (TPSA) is 126 Å². The lowest BCUT2D eigenvalue weighted by Gasteiger charge is -2.12. The molecule has 0 bridgehead atoms. The molecule has 0 fully saturated rings. The predicted octanol–water partition coefficient (Wildman–Crippen LogP) is 2.76. The first kappa shape index (κ1) is 20.5. The molecule has 1 unspecified atom stereocenters. The average molecular weight is 422 g/mol. The van der Waals surface area contributed by atoms with Crippen LogP contribution in [0.25, 0.3) is 0 Å². The number of aromatic amines is 1. The van der Waals surface area contributed by atoms with Gasteiger partial charge in [-0.15, -0.1) is 0 Å². The molecular formula is C19H16F2N2O5S. The van der Waals surface area contributed by atoms with Crippen LogP contribution in [0.15, 0.2) is 41.2 Å². The molecule has 0 radical (unpaired) electrons. The highest BCUT2D eigenvalue weighted by Gasteiger charge is 2.18. The number of nitrogens with two attached hydrogens (primary N) is 1. The predicted molar refractivity (Wildman–Crippen MR) is 102 cm³/mol. The Morgan fingerprint density at radius 1 is 1.17 bits per heavy atom. The highest BCUT2D eigenvalue weighted by molar-refractivity contribution is 7.09. The standard InChI is InChI=1S/C19H16F2N2O5S/c20-12-5-10(7-14(22)18(25)26)6-13(21)16(12)28-11-3-1-9(2-4-11)8-15-17(24)23-19(27)29-15/h1-6,14,24H,7-8,22H2,(H,23,27)(H,25,26). The molecule has 0 aliphatic rings. The minimum Gasteiger partial charge on any atom is -0.494 e. The monoisotopic (exact) mass is 422 g/mol. The van der Waals surface area contributed by atoms with Crippen molar-refractivity contribution < 1.29 is 28.5 Å². The van der Waals surface area contributed by atoms with Gasteiger partial charge in [0.25, 0.3) is 0 Å². The molecule has 5 N–H and O–H groups in total. The fourth-order valence-electron chi connectivity index (χ4n) is 2.62. The number of benzene rings is 2. The van der Waals surface area contributed by atoms with E-state index in [1.54, 1.807) is 12.1 Å². The van der Waals surface area contributed by atoms with Gasteiger partial charge in [-0.05, 0) is 41.8 Å². The van der Waals surface area contributed by atoms with Crippen molar-refractivity contribution in [1.29, 1.82) is 0 Å². The largest absolute Gasteiger partial charge is 0.494 e. The smallest absolute Gasteiger partial charge is 0.320 e. The van der Waals surface area contributed by atoms with E-state index >= 15 is 0 Å². The molecule has 0 aliphatic carbocycles. The van der Waals surface area contributed by atoms with Crippen LogP contribution in [0.4, 0.5) is 8.78 Å². The first-order valence-corrected chi connectivity index (χ1v) is 9.18. The van der Waals surface area contributed by atoms with E-state index in [1.807, 2.05) is 0 Å². The van der Waals surface area contributed by atoms with Gasteiger partial charge in [-0.3, -0.25) is 14.6 Å². The highest BCUT2D eigenvalue weighted by atomic mass is 32.1. The van der Waals surface area contributed by atoms with Crippen LogP contribution in [-0.4, -0.2) is 27.2 Å². The van der Waals surface area contributed by atoms with E-state index in [4.69, 9.17) is 15.6 Å². The lowest BCUT2D eigenvalue weighted by Crippen LogP contribution is -2.32. The number of hydrogen-bond acceptors (Lipinski definition) is 6. The zero-order valence-electron chi connectivity index (χ0n) is 14.8. The fraction of sp³-hybridized carbons (Fsp3) is 0.158. The minimum absolute atomic E-state index is 0.0999. The molecular weight excluding hydrogens is 406 g/mol. The van der Waals surface area contributed by atoms with Crippen molar-refractivity contribution in [2.24, 2.45) is 5.73 Å². The van der Waals surface area contributed by atoms with Crippen LogP contribution in [0.5, 0.6) is 17.4 Å². The summed E-state index contributed by atoms with van der Waals surface area (Å²) >= 11 is 0.890. The van der Waals surface area contributed by atoms with Crippen LogP contribution in [0.1, 0.15) is 16.0 Å². The number of hydrogen-bond donors (Lipinski definition) is 4. The van der Waals surface area contributed by atoms with Crippen molar-refractivity contribution in [2.45, 2.75) is 18.9 Å². The van der Waals surface area contributed by atoms with Gasteiger partial charge in [0.1, 0.15) is 11.8 Å². The lowest BCUT2D eigenvalue weighted by molar-refractivity contribution is -0.138. The highest BCUT2D eigenvalue weighted by Crippen LogP contribution is 2.30. The van der Waals surface area contributed by atoms with Crippen molar-refractivity contribution in [3.8, 4) is 17.4 Å². The van der Waals surface area contributed by atoms with E-state index in [9.17, 15) is 23.5 Å². The Kier molecular flexibility index (Phi) is 5.95. The Balaban J connectivity index is 1.73. The van der Waals surface area contributed by atoms with Gasteiger partial charge in [0.15, 0.2) is 17.4 Å². The molecule has 0 spiro atoms. The SMILES string of the molecule is NC(Cc1cc(F)c(Oc2ccc(Cc3sc(=O)[nH]c3O)cc2)c(F)c1)C(=O)O. The summed E-state index contributed by atoms with van der Waals surface area (Å²) in [5.74, 6) is -3.87. The molecule has 1 heterocycles. The second-order valence-corrected chi connectivity index (χ2v) is 7.31. The normalized spacial score (nSPS) is 12.0. The van der Waals surface area contributed by atoms with E-state index in [0.29, 0.717) is 11.3 Å². The van der Waals surface area contributed by atoms with Crippen molar-refractivity contribution in [1.82, 2.24) is 4.98 Å². The van der Waals surface area contributed by atoms with Crippen LogP contribution in [0, 0.1) is 11.6 Å². The van der Waals surface area contributed by atoms with E-state index in [-0.39, 0.29) is 28.5 Å². The summed E-state index contributed by atoms with van der Waals surface area (Å²) in [5, 5.41) is 18.4.